The molecule has 0 saturated heterocycles. The molecule has 1 saturated carbocycles. The first-order chi connectivity index (χ1) is 16.7. The van der Waals surface area contributed by atoms with Crippen LogP contribution in [-0.2, 0) is 11.2 Å². The van der Waals surface area contributed by atoms with Crippen molar-refractivity contribution in [1.29, 1.82) is 0 Å². The van der Waals surface area contributed by atoms with Crippen LogP contribution in [0.1, 0.15) is 30.9 Å². The van der Waals surface area contributed by atoms with E-state index in [0.717, 1.165) is 23.8 Å². The number of aromatic nitrogens is 5. The Morgan fingerprint density at radius 2 is 2.03 bits per heavy atom. The largest absolute Gasteiger partial charge is 0.471 e. The Morgan fingerprint density at radius 3 is 2.83 bits per heavy atom. The standard InChI is InChI=1S/C23H22F3N7O2/c24-23(25,26)21(35)32-22-28-10-14-4-3-12(7-16(14)31-22)1-2-13-8-17(18(34)9-13)33-6-5-15-19(27)29-11-30-20(15)33/h3-7,10-11,13,17-18,34H,1-2,8-9H2,(H2,27,29,30)(H,28,31,32,35)/t13-,17+,18+/m0/s1. The summed E-state index contributed by atoms with van der Waals surface area (Å²) in [4.78, 5) is 27.3. The van der Waals surface area contributed by atoms with Gasteiger partial charge in [-0.3, -0.25) is 10.1 Å². The average molecular weight is 485 g/mol. The molecule has 0 bridgehead atoms. The zero-order valence-corrected chi connectivity index (χ0v) is 18.4. The predicted octanol–water partition coefficient (Wildman–Crippen LogP) is 3.40. The molecule has 1 fully saturated rings. The van der Waals surface area contributed by atoms with E-state index in [1.165, 1.54) is 12.5 Å². The molecule has 4 aromatic rings. The van der Waals surface area contributed by atoms with Crippen LogP contribution in [0.2, 0.25) is 0 Å². The summed E-state index contributed by atoms with van der Waals surface area (Å²) in [5.41, 5.74) is 8.02. The summed E-state index contributed by atoms with van der Waals surface area (Å²) >= 11 is 0. The molecule has 1 aromatic carbocycles. The third kappa shape index (κ3) is 4.61. The van der Waals surface area contributed by atoms with Crippen LogP contribution >= 0.6 is 0 Å². The number of alkyl halides is 3. The fourth-order valence-electron chi connectivity index (χ4n) is 4.71. The van der Waals surface area contributed by atoms with E-state index >= 15 is 0 Å². The van der Waals surface area contributed by atoms with E-state index in [2.05, 4.69) is 19.9 Å². The van der Waals surface area contributed by atoms with Crippen LogP contribution in [0.25, 0.3) is 21.9 Å². The maximum Gasteiger partial charge on any atom is 0.471 e. The number of nitrogens with one attached hydrogen (secondary N) is 1. The van der Waals surface area contributed by atoms with Crippen molar-refractivity contribution in [2.24, 2.45) is 5.92 Å². The van der Waals surface area contributed by atoms with Crippen molar-refractivity contribution in [2.45, 2.75) is 44.0 Å². The number of benzene rings is 1. The number of halogens is 3. The normalized spacial score (nSPS) is 20.5. The molecule has 12 heteroatoms. The Labute approximate surface area is 197 Å². The molecule has 0 aliphatic heterocycles. The number of aliphatic hydroxyl groups excluding tert-OH is 1. The number of rotatable bonds is 5. The van der Waals surface area contributed by atoms with Crippen LogP contribution in [0, 0.1) is 5.92 Å². The highest BCUT2D eigenvalue weighted by molar-refractivity contribution is 5.94. The van der Waals surface area contributed by atoms with Gasteiger partial charge in [0.1, 0.15) is 17.8 Å². The smallest absolute Gasteiger partial charge is 0.391 e. The SMILES string of the molecule is Nc1ncnc2c1ccn2[C@@H]1C[C@H](CCc2ccc3cnc(NC(=O)C(F)(F)F)nc3c2)C[C@H]1O. The Hall–Kier alpha value is -3.80. The summed E-state index contributed by atoms with van der Waals surface area (Å²) in [6, 6.07) is 7.23. The van der Waals surface area contributed by atoms with Crippen molar-refractivity contribution in [1.82, 2.24) is 24.5 Å². The lowest BCUT2D eigenvalue weighted by Gasteiger charge is -2.17. The molecule has 9 nitrogen and oxygen atoms in total. The van der Waals surface area contributed by atoms with Crippen molar-refractivity contribution in [3.63, 3.8) is 0 Å². The molecule has 1 amide bonds. The number of aryl methyl sites for hydroxylation is 1. The number of nitrogens with zero attached hydrogens (tertiary/aromatic N) is 5. The van der Waals surface area contributed by atoms with Gasteiger partial charge in [0, 0.05) is 17.8 Å². The number of nitrogens with two attached hydrogens (primary N) is 1. The van der Waals surface area contributed by atoms with Gasteiger partial charge < -0.3 is 15.4 Å². The molecule has 3 heterocycles. The van der Waals surface area contributed by atoms with Gasteiger partial charge in [-0.05, 0) is 49.3 Å². The molecule has 0 radical (unpaired) electrons. The molecule has 0 spiro atoms. The summed E-state index contributed by atoms with van der Waals surface area (Å²) in [6.45, 7) is 0. The fraction of sp³-hybridized carbons (Fsp3) is 0.348. The average Bonchev–Trinajstić information content (AvgIpc) is 3.40. The van der Waals surface area contributed by atoms with E-state index in [1.807, 2.05) is 22.9 Å². The van der Waals surface area contributed by atoms with E-state index in [1.54, 1.807) is 17.4 Å². The highest BCUT2D eigenvalue weighted by Crippen LogP contribution is 2.39. The summed E-state index contributed by atoms with van der Waals surface area (Å²) in [5.74, 6) is -1.84. The first-order valence-corrected chi connectivity index (χ1v) is 11.1. The summed E-state index contributed by atoms with van der Waals surface area (Å²) in [7, 11) is 0. The molecule has 1 aliphatic rings. The van der Waals surface area contributed by atoms with Crippen LogP contribution in [-0.4, -0.2) is 47.8 Å². The van der Waals surface area contributed by atoms with Gasteiger partial charge in [-0.15, -0.1) is 0 Å². The van der Waals surface area contributed by atoms with Crippen molar-refractivity contribution < 1.29 is 23.1 Å². The molecule has 5 rings (SSSR count). The lowest BCUT2D eigenvalue weighted by molar-refractivity contribution is -0.167. The number of nitrogen functional groups attached to an aromatic ring is 1. The monoisotopic (exact) mass is 485 g/mol. The van der Waals surface area contributed by atoms with Crippen LogP contribution in [0.3, 0.4) is 0 Å². The Balaban J connectivity index is 1.26. The molecule has 3 atom stereocenters. The van der Waals surface area contributed by atoms with Crippen LogP contribution in [0.15, 0.2) is 43.0 Å². The summed E-state index contributed by atoms with van der Waals surface area (Å²) in [5, 5.41) is 13.8. The lowest BCUT2D eigenvalue weighted by atomic mass is 9.97. The molecular formula is C23H22F3N7O2. The Bertz CT molecular complexity index is 1410. The Kier molecular flexibility index (Phi) is 5.75. The number of fused-ring (bicyclic) bond motifs is 2. The van der Waals surface area contributed by atoms with Crippen molar-refractivity contribution in [3.8, 4) is 0 Å². The predicted molar refractivity (Wildman–Crippen MR) is 122 cm³/mol. The number of hydrogen-bond acceptors (Lipinski definition) is 7. The second-order valence-corrected chi connectivity index (χ2v) is 8.77. The second kappa shape index (κ2) is 8.77. The van der Waals surface area contributed by atoms with Gasteiger partial charge >= 0.3 is 12.1 Å². The van der Waals surface area contributed by atoms with Gasteiger partial charge in [-0.1, -0.05) is 12.1 Å². The maximum atomic E-state index is 12.5. The van der Waals surface area contributed by atoms with Crippen molar-refractivity contribution in [3.05, 3.63) is 48.5 Å². The maximum absolute atomic E-state index is 12.5. The molecule has 182 valence electrons. The number of anilines is 2. The van der Waals surface area contributed by atoms with Crippen LogP contribution in [0.5, 0.6) is 0 Å². The van der Waals surface area contributed by atoms with Crippen LogP contribution in [0.4, 0.5) is 24.9 Å². The number of carbonyl (C=O) groups is 1. The minimum absolute atomic E-state index is 0.115. The van der Waals surface area contributed by atoms with Gasteiger partial charge in [0.15, 0.2) is 0 Å². The van der Waals surface area contributed by atoms with Gasteiger partial charge in [0.2, 0.25) is 5.95 Å². The second-order valence-electron chi connectivity index (χ2n) is 8.77. The van der Waals surface area contributed by atoms with Gasteiger partial charge in [0.05, 0.1) is 23.0 Å². The van der Waals surface area contributed by atoms with E-state index < -0.39 is 24.1 Å². The molecule has 3 aromatic heterocycles. The van der Waals surface area contributed by atoms with E-state index in [-0.39, 0.29) is 12.0 Å². The molecule has 0 unspecified atom stereocenters. The third-order valence-electron chi connectivity index (χ3n) is 6.46. The number of aliphatic hydroxyl groups is 1. The minimum atomic E-state index is -5.02. The number of hydrogen-bond donors (Lipinski definition) is 3. The highest BCUT2D eigenvalue weighted by atomic mass is 19.4. The third-order valence-corrected chi connectivity index (χ3v) is 6.46. The molecular weight excluding hydrogens is 463 g/mol. The molecule has 1 aliphatic carbocycles. The number of amides is 1. The summed E-state index contributed by atoms with van der Waals surface area (Å²) < 4.78 is 39.5. The van der Waals surface area contributed by atoms with Gasteiger partial charge in [-0.25, -0.2) is 19.9 Å². The quantitative estimate of drug-likeness (QED) is 0.395. The molecule has 35 heavy (non-hydrogen) atoms. The number of carbonyl (C=O) groups excluding carboxylic acids is 1. The van der Waals surface area contributed by atoms with Gasteiger partial charge in [0.25, 0.3) is 0 Å². The van der Waals surface area contributed by atoms with Gasteiger partial charge in [-0.2, -0.15) is 13.2 Å². The summed E-state index contributed by atoms with van der Waals surface area (Å²) in [6.07, 6.45) is 2.07. The van der Waals surface area contributed by atoms with Crippen LogP contribution < -0.4 is 11.1 Å². The first-order valence-electron chi connectivity index (χ1n) is 11.1. The molecule has 4 N–H and O–H groups in total. The van der Waals surface area contributed by atoms with Crippen molar-refractivity contribution in [2.75, 3.05) is 11.1 Å². The highest BCUT2D eigenvalue weighted by Gasteiger charge is 2.39. The van der Waals surface area contributed by atoms with Crippen molar-refractivity contribution >= 4 is 39.6 Å². The van der Waals surface area contributed by atoms with E-state index in [0.29, 0.717) is 35.2 Å². The zero-order chi connectivity index (χ0) is 24.7. The zero-order valence-electron chi connectivity index (χ0n) is 18.4. The Morgan fingerprint density at radius 1 is 1.20 bits per heavy atom. The van der Waals surface area contributed by atoms with E-state index in [9.17, 15) is 23.1 Å². The van der Waals surface area contributed by atoms with E-state index in [4.69, 9.17) is 5.73 Å². The topological polar surface area (TPSA) is 132 Å². The lowest BCUT2D eigenvalue weighted by Crippen LogP contribution is -2.30. The first kappa shape index (κ1) is 23.0. The minimum Gasteiger partial charge on any atom is -0.391 e. The fourth-order valence-corrected chi connectivity index (χ4v) is 4.71.